The average molecular weight is 262 g/mol. The molecule has 1 aliphatic carbocycles. The van der Waals surface area contributed by atoms with Crippen molar-refractivity contribution in [1.82, 2.24) is 0 Å². The number of benzene rings is 1. The van der Waals surface area contributed by atoms with Crippen LogP contribution in [0, 0.1) is 5.92 Å². The maximum atomic E-state index is 12.2. The number of methoxy groups -OCH3 is 1. The number of rotatable bonds is 5. The molecule has 1 unspecified atom stereocenters. The highest BCUT2D eigenvalue weighted by atomic mass is 16.5. The van der Waals surface area contributed by atoms with Gasteiger partial charge in [0, 0.05) is 5.56 Å². The molecule has 0 aliphatic heterocycles. The van der Waals surface area contributed by atoms with Crippen LogP contribution in [-0.2, 0) is 16.0 Å². The molecule has 2 rings (SSSR count). The predicted octanol–water partition coefficient (Wildman–Crippen LogP) is 2.39. The van der Waals surface area contributed by atoms with Gasteiger partial charge in [-0.25, -0.2) is 0 Å². The summed E-state index contributed by atoms with van der Waals surface area (Å²) >= 11 is 0. The predicted molar refractivity (Wildman–Crippen MR) is 70.4 cm³/mol. The topological polar surface area (TPSA) is 52.6 Å². The smallest absolute Gasteiger partial charge is 0.317 e. The Hall–Kier alpha value is -1.84. The van der Waals surface area contributed by atoms with Crippen molar-refractivity contribution >= 4 is 11.8 Å². The highest BCUT2D eigenvalue weighted by Crippen LogP contribution is 2.30. The fourth-order valence-electron chi connectivity index (χ4n) is 2.20. The Bertz CT molecular complexity index is 493. The molecule has 4 nitrogen and oxygen atoms in total. The van der Waals surface area contributed by atoms with Gasteiger partial charge in [0.05, 0.1) is 13.7 Å². The fraction of sp³-hybridized carbons (Fsp3) is 0.467. The van der Waals surface area contributed by atoms with Gasteiger partial charge < -0.3 is 9.47 Å². The first-order valence-electron chi connectivity index (χ1n) is 6.55. The van der Waals surface area contributed by atoms with Crippen LogP contribution in [0.25, 0.3) is 0 Å². The number of Topliss-reactive ketones (excluding diaryl/α,β-unsaturated/α-hetero) is 1. The number of esters is 1. The number of carbonyl (C=O) groups is 2. The first-order chi connectivity index (χ1) is 9.17. The Labute approximate surface area is 112 Å². The standard InChI is InChI=1S/C15H18O4/c1-3-4-7-19-15(17)13-8-10-5-6-11(18-2)9-12(10)14(13)16/h5-6,9,13H,3-4,7-8H2,1-2H3. The van der Waals surface area contributed by atoms with Crippen LogP contribution in [0.15, 0.2) is 18.2 Å². The Morgan fingerprint density at radius 3 is 2.89 bits per heavy atom. The van der Waals surface area contributed by atoms with Gasteiger partial charge in [0.1, 0.15) is 11.7 Å². The van der Waals surface area contributed by atoms with E-state index in [9.17, 15) is 9.59 Å². The fourth-order valence-corrected chi connectivity index (χ4v) is 2.20. The van der Waals surface area contributed by atoms with Gasteiger partial charge in [-0.2, -0.15) is 0 Å². The Kier molecular flexibility index (Phi) is 4.20. The van der Waals surface area contributed by atoms with E-state index in [0.29, 0.717) is 24.3 Å². The lowest BCUT2D eigenvalue weighted by Crippen LogP contribution is -2.23. The van der Waals surface area contributed by atoms with Crippen LogP contribution in [0.5, 0.6) is 5.75 Å². The lowest BCUT2D eigenvalue weighted by atomic mass is 10.1. The number of ether oxygens (including phenoxy) is 2. The zero-order valence-electron chi connectivity index (χ0n) is 11.3. The number of unbranched alkanes of at least 4 members (excludes halogenated alkanes) is 1. The quantitative estimate of drug-likeness (QED) is 0.464. The van der Waals surface area contributed by atoms with Crippen molar-refractivity contribution in [2.75, 3.05) is 13.7 Å². The summed E-state index contributed by atoms with van der Waals surface area (Å²) in [5, 5.41) is 0. The number of ketones is 1. The average Bonchev–Trinajstić information content (AvgIpc) is 2.76. The summed E-state index contributed by atoms with van der Waals surface area (Å²) in [5.41, 5.74) is 1.47. The third-order valence-electron chi connectivity index (χ3n) is 3.35. The molecule has 102 valence electrons. The molecular formula is C15H18O4. The van der Waals surface area contributed by atoms with Crippen molar-refractivity contribution in [2.45, 2.75) is 26.2 Å². The highest BCUT2D eigenvalue weighted by Gasteiger charge is 2.37. The maximum Gasteiger partial charge on any atom is 0.317 e. The normalized spacial score (nSPS) is 17.2. The van der Waals surface area contributed by atoms with Crippen molar-refractivity contribution in [3.05, 3.63) is 29.3 Å². The third-order valence-corrected chi connectivity index (χ3v) is 3.35. The molecule has 0 N–H and O–H groups in total. The molecule has 4 heteroatoms. The number of carbonyl (C=O) groups excluding carboxylic acids is 2. The minimum absolute atomic E-state index is 0.157. The zero-order valence-corrected chi connectivity index (χ0v) is 11.3. The Morgan fingerprint density at radius 2 is 2.21 bits per heavy atom. The van der Waals surface area contributed by atoms with Gasteiger partial charge in [-0.1, -0.05) is 19.4 Å². The van der Waals surface area contributed by atoms with Crippen LogP contribution >= 0.6 is 0 Å². The second-order valence-electron chi connectivity index (χ2n) is 4.67. The van der Waals surface area contributed by atoms with Gasteiger partial charge in [-0.05, 0) is 30.5 Å². The van der Waals surface area contributed by atoms with Gasteiger partial charge in [-0.3, -0.25) is 9.59 Å². The summed E-state index contributed by atoms with van der Waals surface area (Å²) < 4.78 is 10.2. The minimum atomic E-state index is -0.682. The van der Waals surface area contributed by atoms with E-state index in [-0.39, 0.29) is 5.78 Å². The summed E-state index contributed by atoms with van der Waals surface area (Å²) in [6.07, 6.45) is 2.22. The van der Waals surface area contributed by atoms with Crippen LogP contribution in [0.3, 0.4) is 0 Å². The molecule has 0 saturated heterocycles. The SMILES string of the molecule is CCCCOC(=O)C1Cc2ccc(OC)cc2C1=O. The maximum absolute atomic E-state index is 12.2. The zero-order chi connectivity index (χ0) is 13.8. The van der Waals surface area contributed by atoms with E-state index in [1.54, 1.807) is 19.2 Å². The van der Waals surface area contributed by atoms with E-state index in [1.807, 2.05) is 13.0 Å². The summed E-state index contributed by atoms with van der Waals surface area (Å²) in [4.78, 5) is 24.1. The van der Waals surface area contributed by atoms with E-state index in [2.05, 4.69) is 0 Å². The first kappa shape index (κ1) is 13.6. The Morgan fingerprint density at radius 1 is 1.42 bits per heavy atom. The largest absolute Gasteiger partial charge is 0.497 e. The molecule has 0 bridgehead atoms. The van der Waals surface area contributed by atoms with Crippen LogP contribution in [0.4, 0.5) is 0 Å². The summed E-state index contributed by atoms with van der Waals surface area (Å²) in [5.74, 6) is -0.616. The van der Waals surface area contributed by atoms with Gasteiger partial charge in [0.25, 0.3) is 0 Å². The lowest BCUT2D eigenvalue weighted by molar-refractivity contribution is -0.146. The Balaban J connectivity index is 2.08. The molecule has 0 fully saturated rings. The van der Waals surface area contributed by atoms with Crippen molar-refractivity contribution in [2.24, 2.45) is 5.92 Å². The van der Waals surface area contributed by atoms with Crippen molar-refractivity contribution in [3.8, 4) is 5.75 Å². The van der Waals surface area contributed by atoms with E-state index < -0.39 is 11.9 Å². The van der Waals surface area contributed by atoms with Gasteiger partial charge in [0.15, 0.2) is 5.78 Å². The van der Waals surface area contributed by atoms with Gasteiger partial charge in [-0.15, -0.1) is 0 Å². The van der Waals surface area contributed by atoms with Gasteiger partial charge in [0.2, 0.25) is 0 Å². The highest BCUT2D eigenvalue weighted by molar-refractivity contribution is 6.12. The molecule has 1 aromatic rings. The molecule has 0 heterocycles. The van der Waals surface area contributed by atoms with Crippen LogP contribution in [-0.4, -0.2) is 25.5 Å². The second kappa shape index (κ2) is 5.87. The molecular weight excluding hydrogens is 244 g/mol. The molecule has 1 atom stereocenters. The van der Waals surface area contributed by atoms with Crippen LogP contribution in [0.2, 0.25) is 0 Å². The molecule has 0 spiro atoms. The molecule has 0 saturated carbocycles. The monoisotopic (exact) mass is 262 g/mol. The third kappa shape index (κ3) is 2.78. The summed E-state index contributed by atoms with van der Waals surface area (Å²) in [6.45, 7) is 2.41. The van der Waals surface area contributed by atoms with Crippen molar-refractivity contribution < 1.29 is 19.1 Å². The molecule has 1 aliphatic rings. The van der Waals surface area contributed by atoms with E-state index in [4.69, 9.17) is 9.47 Å². The first-order valence-corrected chi connectivity index (χ1v) is 6.55. The molecule has 1 aromatic carbocycles. The van der Waals surface area contributed by atoms with Crippen LogP contribution < -0.4 is 4.74 Å². The molecule has 0 aromatic heterocycles. The van der Waals surface area contributed by atoms with Gasteiger partial charge >= 0.3 is 5.97 Å². The van der Waals surface area contributed by atoms with E-state index in [1.165, 1.54) is 0 Å². The number of hydrogen-bond acceptors (Lipinski definition) is 4. The van der Waals surface area contributed by atoms with Crippen LogP contribution in [0.1, 0.15) is 35.7 Å². The van der Waals surface area contributed by atoms with E-state index >= 15 is 0 Å². The number of hydrogen-bond donors (Lipinski definition) is 0. The molecule has 0 amide bonds. The summed E-state index contributed by atoms with van der Waals surface area (Å²) in [7, 11) is 1.55. The second-order valence-corrected chi connectivity index (χ2v) is 4.67. The van der Waals surface area contributed by atoms with Crippen molar-refractivity contribution in [3.63, 3.8) is 0 Å². The molecule has 0 radical (unpaired) electrons. The van der Waals surface area contributed by atoms with E-state index in [0.717, 1.165) is 18.4 Å². The minimum Gasteiger partial charge on any atom is -0.497 e. The molecule has 19 heavy (non-hydrogen) atoms. The summed E-state index contributed by atoms with van der Waals surface area (Å²) in [6, 6.07) is 5.33. The number of fused-ring (bicyclic) bond motifs is 1. The van der Waals surface area contributed by atoms with Crippen molar-refractivity contribution in [1.29, 1.82) is 0 Å². The lowest BCUT2D eigenvalue weighted by Gasteiger charge is -2.08.